The van der Waals surface area contributed by atoms with Crippen LogP contribution in [0.25, 0.3) is 0 Å². The third-order valence-corrected chi connectivity index (χ3v) is 17.8. The molecule has 72 heavy (non-hydrogen) atoms. The van der Waals surface area contributed by atoms with Crippen LogP contribution >= 0.6 is 0 Å². The molecule has 18 nitrogen and oxygen atoms in total. The van der Waals surface area contributed by atoms with Gasteiger partial charge in [0.15, 0.2) is 31.1 Å². The number of allylic oxidation sites excluding steroid dienone is 2. The van der Waals surface area contributed by atoms with Gasteiger partial charge >= 0.3 is 11.9 Å². The van der Waals surface area contributed by atoms with E-state index in [4.69, 9.17) is 42.6 Å². The molecule has 0 spiro atoms. The predicted molar refractivity (Wildman–Crippen MR) is 253 cm³/mol. The summed E-state index contributed by atoms with van der Waals surface area (Å²) in [7, 11) is 1.43. The normalized spacial score (nSPS) is 44.4. The van der Waals surface area contributed by atoms with E-state index in [9.17, 15) is 45.3 Å². The zero-order valence-corrected chi connectivity index (χ0v) is 41.7. The van der Waals surface area contributed by atoms with E-state index in [-0.39, 0.29) is 34.0 Å². The topological polar surface area (TPSA) is 259 Å². The van der Waals surface area contributed by atoms with E-state index in [0.29, 0.717) is 17.8 Å². The van der Waals surface area contributed by atoms with Crippen molar-refractivity contribution in [2.24, 2.45) is 34.5 Å². The van der Waals surface area contributed by atoms with Gasteiger partial charge in [-0.2, -0.15) is 0 Å². The van der Waals surface area contributed by atoms with Crippen molar-refractivity contribution in [3.8, 4) is 0 Å². The molecule has 7 N–H and O–H groups in total. The summed E-state index contributed by atoms with van der Waals surface area (Å²) in [6, 6.07) is 16.6. The highest BCUT2D eigenvalue weighted by Crippen LogP contribution is 2.66. The van der Waals surface area contributed by atoms with Gasteiger partial charge in [-0.15, -0.1) is 0 Å². The molecule has 3 saturated heterocycles. The van der Waals surface area contributed by atoms with Crippen molar-refractivity contribution >= 4 is 11.9 Å². The molecule has 0 amide bonds. The number of esters is 2. The Labute approximate surface area is 420 Å². The molecule has 398 valence electrons. The summed E-state index contributed by atoms with van der Waals surface area (Å²) in [6.07, 6.45) is -10.1. The van der Waals surface area contributed by atoms with Gasteiger partial charge in [-0.3, -0.25) is 0 Å². The Bertz CT molecular complexity index is 2180. The van der Waals surface area contributed by atoms with Crippen molar-refractivity contribution in [1.82, 2.24) is 0 Å². The van der Waals surface area contributed by atoms with Gasteiger partial charge in [-0.05, 0) is 124 Å². The number of hydrogen-bond donors (Lipinski definition) is 7. The van der Waals surface area contributed by atoms with Crippen LogP contribution in [0.4, 0.5) is 0 Å². The van der Waals surface area contributed by atoms with Gasteiger partial charge in [-0.1, -0.05) is 61.9 Å². The minimum absolute atomic E-state index is 0.0351. The van der Waals surface area contributed by atoms with Gasteiger partial charge in [0.1, 0.15) is 54.9 Å². The summed E-state index contributed by atoms with van der Waals surface area (Å²) >= 11 is 0. The molecule has 9 rings (SSSR count). The van der Waals surface area contributed by atoms with Crippen molar-refractivity contribution in [2.75, 3.05) is 20.3 Å². The molecule has 3 heterocycles. The van der Waals surface area contributed by atoms with Gasteiger partial charge in [0.25, 0.3) is 0 Å². The van der Waals surface area contributed by atoms with E-state index in [2.05, 4.69) is 19.9 Å². The fourth-order valence-corrected chi connectivity index (χ4v) is 13.8. The molecule has 3 saturated carbocycles. The molecule has 18 heteroatoms. The first-order valence-electron chi connectivity index (χ1n) is 25.8. The first-order chi connectivity index (χ1) is 34.5. The summed E-state index contributed by atoms with van der Waals surface area (Å²) in [5, 5.41) is 75.0. The van der Waals surface area contributed by atoms with Crippen molar-refractivity contribution < 1.29 is 88.0 Å². The zero-order chi connectivity index (χ0) is 51.2. The first kappa shape index (κ1) is 53.4. The molecule has 0 unspecified atom stereocenters. The van der Waals surface area contributed by atoms with Crippen LogP contribution < -0.4 is 0 Å². The Kier molecular flexibility index (Phi) is 16.3. The maximum atomic E-state index is 13.5. The van der Waals surface area contributed by atoms with Crippen molar-refractivity contribution in [3.05, 3.63) is 83.4 Å². The third-order valence-electron chi connectivity index (χ3n) is 17.8. The van der Waals surface area contributed by atoms with E-state index < -0.39 is 123 Å². The summed E-state index contributed by atoms with van der Waals surface area (Å²) in [6.45, 7) is 7.26. The Balaban J connectivity index is 0.825. The van der Waals surface area contributed by atoms with Gasteiger partial charge in [0, 0.05) is 7.11 Å². The number of methoxy groups -OCH3 is 1. The van der Waals surface area contributed by atoms with Crippen molar-refractivity contribution in [1.29, 1.82) is 0 Å². The number of hydrogen-bond acceptors (Lipinski definition) is 18. The van der Waals surface area contributed by atoms with E-state index >= 15 is 0 Å². The van der Waals surface area contributed by atoms with Gasteiger partial charge < -0.3 is 78.4 Å². The largest absolute Gasteiger partial charge is 0.452 e. The highest BCUT2D eigenvalue weighted by Gasteiger charge is 2.60. The predicted octanol–water partition coefficient (Wildman–Crippen LogP) is 3.19. The lowest BCUT2D eigenvalue weighted by Gasteiger charge is -2.60. The fraction of sp³-hybridized carbons (Fsp3) is 0.704. The number of benzene rings is 2. The van der Waals surface area contributed by atoms with E-state index in [1.807, 2.05) is 6.92 Å². The van der Waals surface area contributed by atoms with Crippen LogP contribution in [-0.4, -0.2) is 172 Å². The van der Waals surface area contributed by atoms with Gasteiger partial charge in [-0.25, -0.2) is 9.59 Å². The van der Waals surface area contributed by atoms with Crippen LogP contribution in [0.3, 0.4) is 0 Å². The second-order valence-corrected chi connectivity index (χ2v) is 21.7. The van der Waals surface area contributed by atoms with Crippen LogP contribution in [-0.2, 0) is 42.6 Å². The molecule has 2 aromatic rings. The van der Waals surface area contributed by atoms with E-state index in [1.54, 1.807) is 67.6 Å². The summed E-state index contributed by atoms with van der Waals surface area (Å²) in [4.78, 5) is 26.8. The average molecular weight is 1010 g/mol. The number of ether oxygens (including phenoxy) is 9. The number of aliphatic hydroxyl groups is 7. The smallest absolute Gasteiger partial charge is 0.338 e. The number of fused-ring (bicyclic) bond motifs is 5. The maximum absolute atomic E-state index is 13.5. The number of carbonyl (C=O) groups excluding carboxylic acids is 2. The lowest BCUT2D eigenvalue weighted by atomic mass is 9.46. The standard InChI is InChI=1S/C54H74O18/c1-27(65-52-43(61)47(71-49(63)30-14-10-7-11-15-30)45(38(26-56)69-52)70-48(62)29-12-8-6-9-13-29)34-18-19-35-33-17-16-31-24-32(20-22-53(31,3)36(33)21-23-54(34,35)4)67-51-42(60)46(64-5)44(28(2)66-51)72-50-41(59)40(58)39(57)37(25-55)68-50/h6-15,19,27-28,31-34,36-47,50-52,55-61H,16-18,20-26H2,1-5H3/t27-,28+,31-,32-,33-,34+,36-,37+,38+,39+,40-,41+,42+,43+,44-,45+,46+,47+,50-,51-,52+,53-,54+/m0/s1. The Hall–Kier alpha value is -3.44. The SMILES string of the molecule is CO[C@@H]1[C@@H](O)[C@H](O[C@H]2CC[C@@]3(C)[C@@H](CC[C@H]4C5=CC[C@H]([C@H](C)O[C@@H]6O[C@H](CO)[C@@H](OC(=O)c7ccccc7)[C@H](OC(=O)c7ccccc7)[C@H]6O)[C@@]5(C)CC[C@@H]43)C2)O[C@H](C)[C@@H]1O[C@@H]1O[C@H](CO)[C@@H](O)[C@H](O)[C@H]1O. The molecule has 7 aliphatic rings. The second kappa shape index (κ2) is 22.0. The number of carbonyl (C=O) groups is 2. The molecular weight excluding hydrogens is 937 g/mol. The van der Waals surface area contributed by atoms with Crippen molar-refractivity contribution in [3.63, 3.8) is 0 Å². The lowest BCUT2D eigenvalue weighted by molar-refractivity contribution is -0.362. The zero-order valence-electron chi connectivity index (χ0n) is 41.7. The molecule has 6 fully saturated rings. The monoisotopic (exact) mass is 1010 g/mol. The van der Waals surface area contributed by atoms with Crippen LogP contribution in [0.5, 0.6) is 0 Å². The first-order valence-corrected chi connectivity index (χ1v) is 25.8. The van der Waals surface area contributed by atoms with Crippen LogP contribution in [0, 0.1) is 34.5 Å². The molecular formula is C54H74O18. The average Bonchev–Trinajstić information content (AvgIpc) is 3.75. The minimum atomic E-state index is -1.63. The third kappa shape index (κ3) is 10.1. The number of rotatable bonds is 14. The maximum Gasteiger partial charge on any atom is 0.338 e. The van der Waals surface area contributed by atoms with E-state index in [1.165, 1.54) is 12.7 Å². The highest BCUT2D eigenvalue weighted by atomic mass is 16.7. The van der Waals surface area contributed by atoms with Crippen LogP contribution in [0.2, 0.25) is 0 Å². The van der Waals surface area contributed by atoms with Crippen LogP contribution in [0.15, 0.2) is 72.3 Å². The van der Waals surface area contributed by atoms with Gasteiger partial charge in [0.2, 0.25) is 0 Å². The molecule has 23 atom stereocenters. The second-order valence-electron chi connectivity index (χ2n) is 21.7. The molecule has 4 aliphatic carbocycles. The molecule has 3 aliphatic heterocycles. The van der Waals surface area contributed by atoms with E-state index in [0.717, 1.165) is 51.4 Å². The van der Waals surface area contributed by atoms with Crippen molar-refractivity contribution in [2.45, 2.75) is 183 Å². The summed E-state index contributed by atoms with van der Waals surface area (Å²) < 4.78 is 54.8. The molecule has 2 aromatic carbocycles. The molecule has 0 radical (unpaired) electrons. The Morgan fingerprint density at radius 3 is 1.93 bits per heavy atom. The minimum Gasteiger partial charge on any atom is -0.452 e. The van der Waals surface area contributed by atoms with Gasteiger partial charge in [0.05, 0.1) is 42.7 Å². The summed E-state index contributed by atoms with van der Waals surface area (Å²) in [5.74, 6) is -0.228. The fourth-order valence-electron chi connectivity index (χ4n) is 13.8. The van der Waals surface area contributed by atoms with Crippen LogP contribution in [0.1, 0.15) is 99.8 Å². The quantitative estimate of drug-likeness (QED) is 0.0815. The number of aliphatic hydroxyl groups excluding tert-OH is 7. The molecule has 0 bridgehead atoms. The Morgan fingerprint density at radius 2 is 1.29 bits per heavy atom. The highest BCUT2D eigenvalue weighted by molar-refractivity contribution is 5.90. The lowest BCUT2D eigenvalue weighted by Crippen LogP contribution is -2.64. The summed E-state index contributed by atoms with van der Waals surface area (Å²) in [5.41, 5.74) is 1.79. The molecule has 0 aromatic heterocycles. The Morgan fingerprint density at radius 1 is 0.681 bits per heavy atom.